The van der Waals surface area contributed by atoms with Gasteiger partial charge in [-0.2, -0.15) is 5.10 Å². The molecule has 0 aliphatic heterocycles. The lowest BCUT2D eigenvalue weighted by Gasteiger charge is -2.03. The maximum Gasteiger partial charge on any atom is 0.129 e. The predicted octanol–water partition coefficient (Wildman–Crippen LogP) is 3.73. The Bertz CT molecular complexity index is 733. The van der Waals surface area contributed by atoms with Crippen LogP contribution < -0.4 is 0 Å². The van der Waals surface area contributed by atoms with Crippen LogP contribution in [-0.4, -0.2) is 19.7 Å². The summed E-state index contributed by atoms with van der Waals surface area (Å²) >= 11 is 5.91. The van der Waals surface area contributed by atoms with Gasteiger partial charge in [0.2, 0.25) is 0 Å². The zero-order chi connectivity index (χ0) is 13.4. The topological polar surface area (TPSA) is 43.6 Å². The second-order valence-electron chi connectivity index (χ2n) is 4.70. The molecule has 0 saturated carbocycles. The third-order valence-corrected chi connectivity index (χ3v) is 3.18. The fourth-order valence-corrected chi connectivity index (χ4v) is 2.06. The van der Waals surface area contributed by atoms with Crippen molar-refractivity contribution in [2.45, 2.75) is 19.9 Å². The van der Waals surface area contributed by atoms with Gasteiger partial charge in [0.1, 0.15) is 5.15 Å². The second-order valence-corrected chi connectivity index (χ2v) is 5.09. The first-order valence-electron chi connectivity index (χ1n) is 6.10. The van der Waals surface area contributed by atoms with Gasteiger partial charge in [-0.25, -0.2) is 4.98 Å². The number of nitrogens with zero attached hydrogens (tertiary/aromatic N) is 4. The summed E-state index contributed by atoms with van der Waals surface area (Å²) in [6, 6.07) is 5.93. The number of pyridine rings is 2. The molecule has 3 heterocycles. The maximum absolute atomic E-state index is 5.91. The lowest BCUT2D eigenvalue weighted by Crippen LogP contribution is -1.99. The molecule has 0 N–H and O–H groups in total. The van der Waals surface area contributed by atoms with Crippen molar-refractivity contribution >= 4 is 22.6 Å². The molecule has 0 radical (unpaired) electrons. The van der Waals surface area contributed by atoms with Crippen molar-refractivity contribution in [3.05, 3.63) is 41.9 Å². The lowest BCUT2D eigenvalue weighted by molar-refractivity contribution is 0.532. The molecule has 96 valence electrons. The quantitative estimate of drug-likeness (QED) is 0.668. The summed E-state index contributed by atoms with van der Waals surface area (Å²) in [6.45, 7) is 4.19. The molecule has 0 unspecified atom stereocenters. The summed E-state index contributed by atoms with van der Waals surface area (Å²) < 4.78 is 1.92. The summed E-state index contributed by atoms with van der Waals surface area (Å²) in [7, 11) is 0. The van der Waals surface area contributed by atoms with E-state index < -0.39 is 0 Å². The van der Waals surface area contributed by atoms with E-state index in [0.717, 1.165) is 22.2 Å². The SMILES string of the molecule is CC(C)n1cc(-c2cnc3ccc(Cl)nc3c2)cn1. The van der Waals surface area contributed by atoms with Crippen molar-refractivity contribution < 1.29 is 0 Å². The molecule has 0 atom stereocenters. The molecule has 0 amide bonds. The van der Waals surface area contributed by atoms with Crippen LogP contribution in [0, 0.1) is 0 Å². The molecule has 3 aromatic rings. The number of aromatic nitrogens is 4. The number of hydrogen-bond acceptors (Lipinski definition) is 3. The average Bonchev–Trinajstić information content (AvgIpc) is 2.87. The largest absolute Gasteiger partial charge is 0.270 e. The van der Waals surface area contributed by atoms with Gasteiger partial charge in [-0.3, -0.25) is 9.67 Å². The molecule has 0 saturated heterocycles. The van der Waals surface area contributed by atoms with Crippen LogP contribution in [0.4, 0.5) is 0 Å². The molecule has 3 aromatic heterocycles. The fraction of sp³-hybridized carbons (Fsp3) is 0.214. The second kappa shape index (κ2) is 4.63. The predicted molar refractivity (Wildman–Crippen MR) is 76.2 cm³/mol. The maximum atomic E-state index is 5.91. The van der Waals surface area contributed by atoms with Crippen LogP contribution >= 0.6 is 11.6 Å². The third kappa shape index (κ3) is 2.31. The minimum absolute atomic E-state index is 0.342. The Morgan fingerprint density at radius 3 is 2.68 bits per heavy atom. The Labute approximate surface area is 116 Å². The minimum atomic E-state index is 0.342. The Morgan fingerprint density at radius 2 is 1.95 bits per heavy atom. The van der Waals surface area contributed by atoms with Crippen LogP contribution in [-0.2, 0) is 0 Å². The molecule has 5 heteroatoms. The van der Waals surface area contributed by atoms with E-state index in [0.29, 0.717) is 11.2 Å². The van der Waals surface area contributed by atoms with Crippen molar-refractivity contribution in [1.29, 1.82) is 0 Å². The van der Waals surface area contributed by atoms with E-state index in [9.17, 15) is 0 Å². The Kier molecular flexibility index (Phi) is 2.95. The van der Waals surface area contributed by atoms with E-state index in [4.69, 9.17) is 11.6 Å². The first-order chi connectivity index (χ1) is 9.13. The molecule has 3 rings (SSSR count). The number of rotatable bonds is 2. The zero-order valence-corrected chi connectivity index (χ0v) is 11.5. The number of fused-ring (bicyclic) bond motifs is 1. The Balaban J connectivity index is 2.08. The highest BCUT2D eigenvalue weighted by Crippen LogP contribution is 2.23. The van der Waals surface area contributed by atoms with Gasteiger partial charge in [0, 0.05) is 29.6 Å². The normalized spacial score (nSPS) is 11.4. The first-order valence-corrected chi connectivity index (χ1v) is 6.48. The van der Waals surface area contributed by atoms with E-state index in [1.807, 2.05) is 35.4 Å². The van der Waals surface area contributed by atoms with Gasteiger partial charge in [-0.05, 0) is 32.0 Å². The average molecular weight is 273 g/mol. The summed E-state index contributed by atoms with van der Waals surface area (Å²) in [5.74, 6) is 0. The Morgan fingerprint density at radius 1 is 1.11 bits per heavy atom. The van der Waals surface area contributed by atoms with Crippen molar-refractivity contribution in [1.82, 2.24) is 19.7 Å². The van der Waals surface area contributed by atoms with E-state index in [1.165, 1.54) is 0 Å². The standard InChI is InChI=1S/C14H13ClN4/c1-9(2)19-8-11(7-17-19)10-5-13-12(16-6-10)3-4-14(15)18-13/h3-9H,1-2H3. The highest BCUT2D eigenvalue weighted by Gasteiger charge is 2.06. The van der Waals surface area contributed by atoms with E-state index in [1.54, 1.807) is 6.07 Å². The van der Waals surface area contributed by atoms with Gasteiger partial charge in [-0.15, -0.1) is 0 Å². The van der Waals surface area contributed by atoms with Gasteiger partial charge >= 0.3 is 0 Å². The summed E-state index contributed by atoms with van der Waals surface area (Å²) in [5.41, 5.74) is 3.66. The molecule has 0 aliphatic carbocycles. The molecule has 0 aliphatic rings. The molecule has 0 aromatic carbocycles. The lowest BCUT2D eigenvalue weighted by atomic mass is 10.1. The van der Waals surface area contributed by atoms with E-state index in [-0.39, 0.29) is 0 Å². The zero-order valence-electron chi connectivity index (χ0n) is 10.7. The molecule has 19 heavy (non-hydrogen) atoms. The van der Waals surface area contributed by atoms with Gasteiger partial charge < -0.3 is 0 Å². The summed E-state index contributed by atoms with van der Waals surface area (Å²) in [5, 5.41) is 4.81. The number of halogens is 1. The monoisotopic (exact) mass is 272 g/mol. The fourth-order valence-electron chi connectivity index (χ4n) is 1.91. The van der Waals surface area contributed by atoms with Crippen molar-refractivity contribution in [2.75, 3.05) is 0 Å². The van der Waals surface area contributed by atoms with Crippen LogP contribution in [0.15, 0.2) is 36.8 Å². The van der Waals surface area contributed by atoms with Gasteiger partial charge in [-0.1, -0.05) is 11.6 Å². The van der Waals surface area contributed by atoms with E-state index >= 15 is 0 Å². The minimum Gasteiger partial charge on any atom is -0.270 e. The molecule has 0 bridgehead atoms. The first kappa shape index (κ1) is 12.1. The van der Waals surface area contributed by atoms with Crippen LogP contribution in [0.2, 0.25) is 5.15 Å². The highest BCUT2D eigenvalue weighted by atomic mass is 35.5. The van der Waals surface area contributed by atoms with Crippen LogP contribution in [0.25, 0.3) is 22.2 Å². The molecular formula is C14H13ClN4. The van der Waals surface area contributed by atoms with Crippen molar-refractivity contribution in [3.8, 4) is 11.1 Å². The molecule has 4 nitrogen and oxygen atoms in total. The summed E-state index contributed by atoms with van der Waals surface area (Å²) in [4.78, 5) is 8.67. The van der Waals surface area contributed by atoms with Crippen LogP contribution in [0.5, 0.6) is 0 Å². The van der Waals surface area contributed by atoms with Crippen LogP contribution in [0.1, 0.15) is 19.9 Å². The van der Waals surface area contributed by atoms with E-state index in [2.05, 4.69) is 28.9 Å². The van der Waals surface area contributed by atoms with Crippen molar-refractivity contribution in [3.63, 3.8) is 0 Å². The van der Waals surface area contributed by atoms with Gasteiger partial charge in [0.25, 0.3) is 0 Å². The smallest absolute Gasteiger partial charge is 0.129 e. The highest BCUT2D eigenvalue weighted by molar-refractivity contribution is 6.29. The molecular weight excluding hydrogens is 260 g/mol. The van der Waals surface area contributed by atoms with Gasteiger partial charge in [0.05, 0.1) is 17.2 Å². The van der Waals surface area contributed by atoms with Crippen molar-refractivity contribution in [2.24, 2.45) is 0 Å². The number of hydrogen-bond donors (Lipinski definition) is 0. The molecule has 0 spiro atoms. The summed E-state index contributed by atoms with van der Waals surface area (Å²) in [6.07, 6.45) is 5.69. The Hall–Kier alpha value is -1.94. The molecule has 0 fully saturated rings. The third-order valence-electron chi connectivity index (χ3n) is 2.97. The van der Waals surface area contributed by atoms with Crippen LogP contribution in [0.3, 0.4) is 0 Å². The van der Waals surface area contributed by atoms with Gasteiger partial charge in [0.15, 0.2) is 0 Å².